The molecule has 1 saturated heterocycles. The molecule has 7 nitrogen and oxygen atoms in total. The number of hydrogen-bond donors (Lipinski definition) is 1. The Hall–Kier alpha value is -2.48. The fourth-order valence-electron chi connectivity index (χ4n) is 2.91. The summed E-state index contributed by atoms with van der Waals surface area (Å²) < 4.78 is 23.3. The SMILES string of the molecule is CCc1ccc(NC(=O)c2ccnc(N(C)C3CCS(=O)(=O)C3)n2)cc1. The second-order valence-electron chi connectivity index (χ2n) is 6.41. The van der Waals surface area contributed by atoms with E-state index < -0.39 is 9.84 Å². The van der Waals surface area contributed by atoms with Crippen molar-refractivity contribution in [3.63, 3.8) is 0 Å². The van der Waals surface area contributed by atoms with Crippen LogP contribution >= 0.6 is 0 Å². The van der Waals surface area contributed by atoms with E-state index in [0.29, 0.717) is 18.1 Å². The van der Waals surface area contributed by atoms with Crippen LogP contribution in [0.3, 0.4) is 0 Å². The maximum absolute atomic E-state index is 12.5. The van der Waals surface area contributed by atoms with Crippen LogP contribution in [-0.2, 0) is 16.3 Å². The molecule has 1 unspecified atom stereocenters. The second kappa shape index (κ2) is 7.41. The van der Waals surface area contributed by atoms with Crippen LogP contribution in [0.4, 0.5) is 11.6 Å². The number of amides is 1. The average molecular weight is 374 g/mol. The smallest absolute Gasteiger partial charge is 0.274 e. The summed E-state index contributed by atoms with van der Waals surface area (Å²) in [5.74, 6) is 0.287. The monoisotopic (exact) mass is 374 g/mol. The van der Waals surface area contributed by atoms with Gasteiger partial charge < -0.3 is 10.2 Å². The molecule has 1 aliphatic rings. The lowest BCUT2D eigenvalue weighted by Crippen LogP contribution is -2.34. The molecule has 0 radical (unpaired) electrons. The zero-order chi connectivity index (χ0) is 18.7. The molecule has 0 aliphatic carbocycles. The van der Waals surface area contributed by atoms with Gasteiger partial charge in [-0.1, -0.05) is 19.1 Å². The molecule has 1 atom stereocenters. The third kappa shape index (κ3) is 4.19. The van der Waals surface area contributed by atoms with E-state index in [1.54, 1.807) is 18.0 Å². The summed E-state index contributed by atoms with van der Waals surface area (Å²) in [5.41, 5.74) is 2.13. The third-order valence-electron chi connectivity index (χ3n) is 4.57. The number of rotatable bonds is 5. The number of aromatic nitrogens is 2. The predicted octanol–water partition coefficient (Wildman–Crippen LogP) is 1.91. The number of nitrogens with zero attached hydrogens (tertiary/aromatic N) is 3. The molecule has 0 spiro atoms. The summed E-state index contributed by atoms with van der Waals surface area (Å²) in [7, 11) is -1.24. The Balaban J connectivity index is 1.72. The molecule has 3 rings (SSSR count). The Bertz CT molecular complexity index is 897. The van der Waals surface area contributed by atoms with Gasteiger partial charge in [-0.15, -0.1) is 0 Å². The predicted molar refractivity (Wildman–Crippen MR) is 101 cm³/mol. The number of carbonyl (C=O) groups is 1. The Labute approximate surface area is 153 Å². The lowest BCUT2D eigenvalue weighted by Gasteiger charge is -2.23. The first-order valence-corrected chi connectivity index (χ1v) is 10.4. The normalized spacial score (nSPS) is 18.5. The molecule has 1 aromatic carbocycles. The fraction of sp³-hybridized carbons (Fsp3) is 0.389. The average Bonchev–Trinajstić information content (AvgIpc) is 3.01. The van der Waals surface area contributed by atoms with Crippen molar-refractivity contribution in [2.45, 2.75) is 25.8 Å². The summed E-state index contributed by atoms with van der Waals surface area (Å²) in [6.45, 7) is 2.07. The molecule has 8 heteroatoms. The van der Waals surface area contributed by atoms with Gasteiger partial charge in [0.1, 0.15) is 5.69 Å². The first-order valence-electron chi connectivity index (χ1n) is 8.54. The van der Waals surface area contributed by atoms with E-state index in [9.17, 15) is 13.2 Å². The van der Waals surface area contributed by atoms with Crippen LogP contribution in [0.25, 0.3) is 0 Å². The maximum atomic E-state index is 12.5. The highest BCUT2D eigenvalue weighted by Gasteiger charge is 2.31. The Morgan fingerprint density at radius 2 is 2.00 bits per heavy atom. The van der Waals surface area contributed by atoms with Gasteiger partial charge in [-0.05, 0) is 36.6 Å². The Morgan fingerprint density at radius 1 is 1.27 bits per heavy atom. The number of sulfone groups is 1. The van der Waals surface area contributed by atoms with Crippen LogP contribution in [0.1, 0.15) is 29.4 Å². The van der Waals surface area contributed by atoms with Crippen molar-refractivity contribution in [2.75, 3.05) is 28.8 Å². The lowest BCUT2D eigenvalue weighted by molar-refractivity contribution is 0.102. The van der Waals surface area contributed by atoms with Crippen LogP contribution in [-0.4, -0.2) is 48.9 Å². The zero-order valence-electron chi connectivity index (χ0n) is 14.8. The van der Waals surface area contributed by atoms with Gasteiger partial charge in [0.2, 0.25) is 5.95 Å². The van der Waals surface area contributed by atoms with Crippen molar-refractivity contribution >= 4 is 27.4 Å². The Kier molecular flexibility index (Phi) is 5.22. The van der Waals surface area contributed by atoms with Gasteiger partial charge in [0.25, 0.3) is 5.91 Å². The fourth-order valence-corrected chi connectivity index (χ4v) is 4.68. The van der Waals surface area contributed by atoms with Crippen LogP contribution < -0.4 is 10.2 Å². The van der Waals surface area contributed by atoms with E-state index in [2.05, 4.69) is 22.2 Å². The first-order chi connectivity index (χ1) is 12.4. The molecule has 26 heavy (non-hydrogen) atoms. The van der Waals surface area contributed by atoms with Crippen LogP contribution in [0, 0.1) is 0 Å². The van der Waals surface area contributed by atoms with Crippen LogP contribution in [0.15, 0.2) is 36.5 Å². The van der Waals surface area contributed by atoms with Crippen molar-refractivity contribution in [1.82, 2.24) is 9.97 Å². The minimum absolute atomic E-state index is 0.0903. The summed E-state index contributed by atoms with van der Waals surface area (Å²) in [6, 6.07) is 9.02. The zero-order valence-corrected chi connectivity index (χ0v) is 15.7. The molecule has 2 aromatic rings. The standard InChI is InChI=1S/C18H22N4O3S/c1-3-13-4-6-14(7-5-13)20-17(23)16-8-10-19-18(21-16)22(2)15-9-11-26(24,25)12-15/h4-8,10,15H,3,9,11-12H2,1-2H3,(H,20,23). The quantitative estimate of drug-likeness (QED) is 0.859. The van der Waals surface area contributed by atoms with Crippen molar-refractivity contribution in [2.24, 2.45) is 0 Å². The molecule has 1 fully saturated rings. The molecule has 0 saturated carbocycles. The largest absolute Gasteiger partial charge is 0.340 e. The van der Waals surface area contributed by atoms with Gasteiger partial charge in [0.05, 0.1) is 11.5 Å². The van der Waals surface area contributed by atoms with E-state index in [4.69, 9.17) is 0 Å². The molecule has 2 heterocycles. The minimum atomic E-state index is -3.00. The van der Waals surface area contributed by atoms with E-state index in [0.717, 1.165) is 6.42 Å². The van der Waals surface area contributed by atoms with Crippen molar-refractivity contribution in [3.8, 4) is 0 Å². The molecule has 1 amide bonds. The maximum Gasteiger partial charge on any atom is 0.274 e. The van der Waals surface area contributed by atoms with Gasteiger partial charge in [-0.3, -0.25) is 4.79 Å². The molecule has 1 aliphatic heterocycles. The number of anilines is 2. The summed E-state index contributed by atoms with van der Waals surface area (Å²) in [5, 5.41) is 2.81. The van der Waals surface area contributed by atoms with Crippen LogP contribution in [0.2, 0.25) is 0 Å². The second-order valence-corrected chi connectivity index (χ2v) is 8.64. The molecule has 1 aromatic heterocycles. The van der Waals surface area contributed by atoms with Gasteiger partial charge in [0.15, 0.2) is 9.84 Å². The highest BCUT2D eigenvalue weighted by atomic mass is 32.2. The van der Waals surface area contributed by atoms with Crippen LogP contribution in [0.5, 0.6) is 0 Å². The number of hydrogen-bond acceptors (Lipinski definition) is 6. The summed E-state index contributed by atoms with van der Waals surface area (Å²) in [6.07, 6.45) is 2.99. The van der Waals surface area contributed by atoms with E-state index in [1.165, 1.54) is 11.8 Å². The summed E-state index contributed by atoms with van der Waals surface area (Å²) in [4.78, 5) is 22.7. The molecular weight excluding hydrogens is 352 g/mol. The summed E-state index contributed by atoms with van der Waals surface area (Å²) >= 11 is 0. The first kappa shape index (κ1) is 18.3. The van der Waals surface area contributed by atoms with E-state index in [1.807, 2.05) is 24.3 Å². The topological polar surface area (TPSA) is 92.3 Å². The number of carbonyl (C=O) groups excluding carboxylic acids is 1. The molecule has 0 bridgehead atoms. The van der Waals surface area contributed by atoms with Crippen molar-refractivity contribution in [1.29, 1.82) is 0 Å². The van der Waals surface area contributed by atoms with E-state index >= 15 is 0 Å². The number of nitrogens with one attached hydrogen (secondary N) is 1. The highest BCUT2D eigenvalue weighted by molar-refractivity contribution is 7.91. The van der Waals surface area contributed by atoms with Gasteiger partial charge in [-0.2, -0.15) is 0 Å². The molecule has 138 valence electrons. The molecule has 1 N–H and O–H groups in total. The van der Waals surface area contributed by atoms with Crippen molar-refractivity contribution in [3.05, 3.63) is 47.8 Å². The minimum Gasteiger partial charge on any atom is -0.340 e. The van der Waals surface area contributed by atoms with Crippen molar-refractivity contribution < 1.29 is 13.2 Å². The third-order valence-corrected chi connectivity index (χ3v) is 6.32. The van der Waals surface area contributed by atoms with Gasteiger partial charge in [-0.25, -0.2) is 18.4 Å². The number of aryl methyl sites for hydroxylation is 1. The lowest BCUT2D eigenvalue weighted by atomic mass is 10.1. The van der Waals surface area contributed by atoms with Gasteiger partial charge in [0, 0.05) is 25.0 Å². The van der Waals surface area contributed by atoms with E-state index in [-0.39, 0.29) is 29.1 Å². The molecular formula is C18H22N4O3S. The highest BCUT2D eigenvalue weighted by Crippen LogP contribution is 2.20. The van der Waals surface area contributed by atoms with Gasteiger partial charge >= 0.3 is 0 Å². The Morgan fingerprint density at radius 3 is 2.62 bits per heavy atom. The number of benzene rings is 1.